The Balaban J connectivity index is 1.85. The third-order valence-corrected chi connectivity index (χ3v) is 3.94. The molecule has 3 aliphatic rings. The Morgan fingerprint density at radius 2 is 2.17 bits per heavy atom. The highest BCUT2D eigenvalue weighted by molar-refractivity contribution is 5.95. The minimum atomic E-state index is 0.0328. The van der Waals surface area contributed by atoms with Crippen LogP contribution in [0.25, 0.3) is 0 Å². The Hall–Kier alpha value is -0.370. The lowest BCUT2D eigenvalue weighted by atomic mass is 9.47. The molecule has 0 amide bonds. The van der Waals surface area contributed by atoms with Crippen molar-refractivity contribution in [3.8, 4) is 0 Å². The minimum absolute atomic E-state index is 0.0328. The number of ketones is 1. The van der Waals surface area contributed by atoms with Gasteiger partial charge in [-0.15, -0.1) is 0 Å². The number of ether oxygens (including phenoxy) is 1. The Bertz CT molecular complexity index is 230. The van der Waals surface area contributed by atoms with Gasteiger partial charge in [-0.3, -0.25) is 4.79 Å². The Morgan fingerprint density at radius 3 is 2.83 bits per heavy atom. The predicted molar refractivity (Wildman–Crippen MR) is 43.8 cm³/mol. The van der Waals surface area contributed by atoms with Gasteiger partial charge < -0.3 is 4.74 Å². The SMILES string of the molecule is O=C1[C@H]2CCCO[C@@H]2C12CCC2. The molecule has 0 aromatic carbocycles. The van der Waals surface area contributed by atoms with Crippen LogP contribution in [-0.4, -0.2) is 18.5 Å². The molecule has 0 radical (unpaired) electrons. The second kappa shape index (κ2) is 2.11. The van der Waals surface area contributed by atoms with Crippen LogP contribution >= 0.6 is 0 Å². The first-order chi connectivity index (χ1) is 5.84. The standard InChI is InChI=1S/C10H14O2/c11-8-7-3-1-6-12-9(7)10(8)4-2-5-10/h7,9H,1-6H2/t7-,9+/m1/s1. The number of carbonyl (C=O) groups excluding carboxylic acids is 1. The van der Waals surface area contributed by atoms with Gasteiger partial charge in [0.2, 0.25) is 0 Å². The molecule has 3 rings (SSSR count). The first kappa shape index (κ1) is 7.07. The molecule has 0 bridgehead atoms. The summed E-state index contributed by atoms with van der Waals surface area (Å²) in [6.07, 6.45) is 5.94. The molecule has 2 saturated carbocycles. The predicted octanol–water partition coefficient (Wildman–Crippen LogP) is 1.53. The van der Waals surface area contributed by atoms with Crippen LogP contribution in [-0.2, 0) is 9.53 Å². The van der Waals surface area contributed by atoms with E-state index in [1.807, 2.05) is 0 Å². The summed E-state index contributed by atoms with van der Waals surface area (Å²) in [7, 11) is 0. The average molecular weight is 166 g/mol. The molecule has 1 saturated heterocycles. The van der Waals surface area contributed by atoms with Crippen LogP contribution < -0.4 is 0 Å². The van der Waals surface area contributed by atoms with Gasteiger partial charge in [0.1, 0.15) is 5.78 Å². The highest BCUT2D eigenvalue weighted by Crippen LogP contribution is 2.59. The van der Waals surface area contributed by atoms with Crippen LogP contribution in [0, 0.1) is 11.3 Å². The fourth-order valence-corrected chi connectivity index (χ4v) is 3.10. The van der Waals surface area contributed by atoms with Crippen molar-refractivity contribution in [2.75, 3.05) is 6.61 Å². The number of hydrogen-bond donors (Lipinski definition) is 0. The third kappa shape index (κ3) is 0.598. The van der Waals surface area contributed by atoms with E-state index in [1.165, 1.54) is 6.42 Å². The molecule has 2 heteroatoms. The van der Waals surface area contributed by atoms with Gasteiger partial charge in [-0.1, -0.05) is 6.42 Å². The number of fused-ring (bicyclic) bond motifs is 2. The molecule has 1 heterocycles. The van der Waals surface area contributed by atoms with E-state index in [0.29, 0.717) is 17.8 Å². The van der Waals surface area contributed by atoms with Gasteiger partial charge >= 0.3 is 0 Å². The maximum Gasteiger partial charge on any atom is 0.147 e. The lowest BCUT2D eigenvalue weighted by molar-refractivity contribution is -0.207. The Morgan fingerprint density at radius 1 is 1.33 bits per heavy atom. The van der Waals surface area contributed by atoms with Gasteiger partial charge in [-0.25, -0.2) is 0 Å². The topological polar surface area (TPSA) is 26.3 Å². The summed E-state index contributed by atoms with van der Waals surface area (Å²) < 4.78 is 5.68. The van der Waals surface area contributed by atoms with Crippen molar-refractivity contribution in [3.63, 3.8) is 0 Å². The molecule has 0 N–H and O–H groups in total. The molecule has 2 nitrogen and oxygen atoms in total. The number of rotatable bonds is 0. The lowest BCUT2D eigenvalue weighted by Gasteiger charge is -2.59. The van der Waals surface area contributed by atoms with E-state index in [0.717, 1.165) is 32.3 Å². The van der Waals surface area contributed by atoms with E-state index in [4.69, 9.17) is 4.74 Å². The third-order valence-electron chi connectivity index (χ3n) is 3.94. The summed E-state index contributed by atoms with van der Waals surface area (Å²) in [6, 6.07) is 0. The molecule has 2 atom stereocenters. The summed E-state index contributed by atoms with van der Waals surface area (Å²) in [6.45, 7) is 0.885. The molecule has 1 spiro atoms. The minimum Gasteiger partial charge on any atom is -0.376 e. The largest absolute Gasteiger partial charge is 0.376 e. The highest BCUT2D eigenvalue weighted by Gasteiger charge is 2.65. The van der Waals surface area contributed by atoms with Gasteiger partial charge in [-0.2, -0.15) is 0 Å². The van der Waals surface area contributed by atoms with Gasteiger partial charge in [0, 0.05) is 12.5 Å². The second-order valence-corrected chi connectivity index (χ2v) is 4.41. The first-order valence-corrected chi connectivity index (χ1v) is 5.00. The van der Waals surface area contributed by atoms with E-state index in [2.05, 4.69) is 0 Å². The lowest BCUT2D eigenvalue weighted by Crippen LogP contribution is -2.67. The zero-order valence-electron chi connectivity index (χ0n) is 7.21. The summed E-state index contributed by atoms with van der Waals surface area (Å²) in [5, 5.41) is 0. The number of Topliss-reactive ketones (excluding diaryl/α,β-unsaturated/α-hetero) is 1. The number of carbonyl (C=O) groups is 1. The van der Waals surface area contributed by atoms with Crippen molar-refractivity contribution in [1.29, 1.82) is 0 Å². The smallest absolute Gasteiger partial charge is 0.147 e. The molecule has 66 valence electrons. The number of hydrogen-bond acceptors (Lipinski definition) is 2. The van der Waals surface area contributed by atoms with Gasteiger partial charge in [-0.05, 0) is 25.7 Å². The average Bonchev–Trinajstić information content (AvgIpc) is 2.01. The Kier molecular flexibility index (Phi) is 1.24. The molecule has 0 aromatic rings. The summed E-state index contributed by atoms with van der Waals surface area (Å²) in [5.41, 5.74) is 0.0328. The van der Waals surface area contributed by atoms with Crippen LogP contribution in [0.2, 0.25) is 0 Å². The zero-order chi connectivity index (χ0) is 8.18. The quantitative estimate of drug-likeness (QED) is 0.545. The maximum atomic E-state index is 11.7. The van der Waals surface area contributed by atoms with Crippen molar-refractivity contribution in [2.24, 2.45) is 11.3 Å². The van der Waals surface area contributed by atoms with Crippen LogP contribution in [0.1, 0.15) is 32.1 Å². The van der Waals surface area contributed by atoms with Gasteiger partial charge in [0.15, 0.2) is 0 Å². The van der Waals surface area contributed by atoms with Crippen LogP contribution in [0.4, 0.5) is 0 Å². The first-order valence-electron chi connectivity index (χ1n) is 5.00. The summed E-state index contributed by atoms with van der Waals surface area (Å²) in [4.78, 5) is 11.7. The van der Waals surface area contributed by atoms with E-state index >= 15 is 0 Å². The molecule has 2 aliphatic carbocycles. The monoisotopic (exact) mass is 166 g/mol. The molecule has 0 unspecified atom stereocenters. The van der Waals surface area contributed by atoms with Gasteiger partial charge in [0.05, 0.1) is 11.5 Å². The van der Waals surface area contributed by atoms with Crippen molar-refractivity contribution < 1.29 is 9.53 Å². The van der Waals surface area contributed by atoms with Crippen molar-refractivity contribution >= 4 is 5.78 Å². The Labute approximate surface area is 72.3 Å². The molecule has 1 aliphatic heterocycles. The van der Waals surface area contributed by atoms with E-state index < -0.39 is 0 Å². The summed E-state index contributed by atoms with van der Waals surface area (Å²) in [5.74, 6) is 0.817. The van der Waals surface area contributed by atoms with Crippen molar-refractivity contribution in [1.82, 2.24) is 0 Å². The van der Waals surface area contributed by atoms with Crippen LogP contribution in [0.3, 0.4) is 0 Å². The van der Waals surface area contributed by atoms with E-state index in [9.17, 15) is 4.79 Å². The van der Waals surface area contributed by atoms with Crippen LogP contribution in [0.5, 0.6) is 0 Å². The molecular formula is C10H14O2. The highest BCUT2D eigenvalue weighted by atomic mass is 16.5. The van der Waals surface area contributed by atoms with Crippen molar-refractivity contribution in [2.45, 2.75) is 38.2 Å². The molecule has 0 aromatic heterocycles. The normalized spacial score (nSPS) is 43.2. The maximum absolute atomic E-state index is 11.7. The molecule has 12 heavy (non-hydrogen) atoms. The summed E-state index contributed by atoms with van der Waals surface area (Å²) >= 11 is 0. The van der Waals surface area contributed by atoms with Gasteiger partial charge in [0.25, 0.3) is 0 Å². The van der Waals surface area contributed by atoms with Crippen molar-refractivity contribution in [3.05, 3.63) is 0 Å². The zero-order valence-corrected chi connectivity index (χ0v) is 7.21. The van der Waals surface area contributed by atoms with Crippen LogP contribution in [0.15, 0.2) is 0 Å². The molecule has 3 fully saturated rings. The molecular weight excluding hydrogens is 152 g/mol. The van der Waals surface area contributed by atoms with E-state index in [1.54, 1.807) is 0 Å². The fourth-order valence-electron chi connectivity index (χ4n) is 3.10. The van der Waals surface area contributed by atoms with E-state index in [-0.39, 0.29) is 5.41 Å². The second-order valence-electron chi connectivity index (χ2n) is 4.41. The fraction of sp³-hybridized carbons (Fsp3) is 0.900.